The van der Waals surface area contributed by atoms with Gasteiger partial charge in [0, 0.05) is 24.2 Å². The molecule has 30 heavy (non-hydrogen) atoms. The van der Waals surface area contributed by atoms with Crippen LogP contribution in [0.5, 0.6) is 0 Å². The maximum absolute atomic E-state index is 11.6. The van der Waals surface area contributed by atoms with E-state index in [1.165, 1.54) is 0 Å². The third kappa shape index (κ3) is 4.50. The van der Waals surface area contributed by atoms with Gasteiger partial charge in [0.2, 0.25) is 5.95 Å². The molecule has 6 nitrogen and oxygen atoms in total. The van der Waals surface area contributed by atoms with Gasteiger partial charge in [0.1, 0.15) is 0 Å². The Labute approximate surface area is 186 Å². The SMILES string of the molecule is CCC(CC(=O)O)n1c(Nc2ccc(Cl)cc2Cl)nc2cccc(N(CC)CC)c21. The molecule has 0 aliphatic rings. The summed E-state index contributed by atoms with van der Waals surface area (Å²) in [5.41, 5.74) is 3.41. The van der Waals surface area contributed by atoms with Crippen LogP contribution >= 0.6 is 23.2 Å². The summed E-state index contributed by atoms with van der Waals surface area (Å²) in [6, 6.07) is 10.9. The first-order chi connectivity index (χ1) is 14.4. The van der Waals surface area contributed by atoms with Crippen molar-refractivity contribution in [2.24, 2.45) is 0 Å². The molecule has 0 radical (unpaired) electrons. The molecule has 0 fully saturated rings. The number of anilines is 3. The lowest BCUT2D eigenvalue weighted by Gasteiger charge is -2.25. The highest BCUT2D eigenvalue weighted by atomic mass is 35.5. The summed E-state index contributed by atoms with van der Waals surface area (Å²) in [4.78, 5) is 18.6. The summed E-state index contributed by atoms with van der Waals surface area (Å²) in [7, 11) is 0. The first-order valence-electron chi connectivity index (χ1n) is 10.1. The Hall–Kier alpha value is -2.44. The first-order valence-corrected chi connectivity index (χ1v) is 10.8. The Balaban J connectivity index is 2.23. The van der Waals surface area contributed by atoms with Gasteiger partial charge in [-0.15, -0.1) is 0 Å². The zero-order valence-electron chi connectivity index (χ0n) is 17.3. The van der Waals surface area contributed by atoms with Gasteiger partial charge in [0.15, 0.2) is 0 Å². The molecule has 2 aromatic carbocycles. The van der Waals surface area contributed by atoms with Gasteiger partial charge < -0.3 is 19.9 Å². The Kier molecular flexibility index (Phi) is 7.10. The number of imidazole rings is 1. The van der Waals surface area contributed by atoms with Gasteiger partial charge in [-0.2, -0.15) is 0 Å². The van der Waals surface area contributed by atoms with E-state index in [-0.39, 0.29) is 12.5 Å². The lowest BCUT2D eigenvalue weighted by Crippen LogP contribution is -2.23. The largest absolute Gasteiger partial charge is 0.481 e. The number of carbonyl (C=O) groups is 1. The van der Waals surface area contributed by atoms with Crippen LogP contribution < -0.4 is 10.2 Å². The van der Waals surface area contributed by atoms with Crippen LogP contribution in [0.3, 0.4) is 0 Å². The van der Waals surface area contributed by atoms with Crippen LogP contribution in [0.2, 0.25) is 10.0 Å². The van der Waals surface area contributed by atoms with E-state index in [4.69, 9.17) is 28.2 Å². The number of rotatable bonds is 9. The highest BCUT2D eigenvalue weighted by molar-refractivity contribution is 6.36. The van der Waals surface area contributed by atoms with E-state index >= 15 is 0 Å². The van der Waals surface area contributed by atoms with Crippen molar-refractivity contribution in [3.05, 3.63) is 46.4 Å². The van der Waals surface area contributed by atoms with Crippen molar-refractivity contribution in [1.29, 1.82) is 0 Å². The predicted molar refractivity (Wildman–Crippen MR) is 125 cm³/mol. The number of benzene rings is 2. The predicted octanol–water partition coefficient (Wildman–Crippen LogP) is 6.36. The molecule has 1 unspecified atom stereocenters. The molecule has 0 saturated heterocycles. The maximum atomic E-state index is 11.6. The second kappa shape index (κ2) is 9.58. The summed E-state index contributed by atoms with van der Waals surface area (Å²) < 4.78 is 2.00. The molecular formula is C22H26Cl2N4O2. The number of halogens is 2. The fourth-order valence-electron chi connectivity index (χ4n) is 3.72. The number of carboxylic acids is 1. The van der Waals surface area contributed by atoms with E-state index in [1.54, 1.807) is 18.2 Å². The molecule has 0 bridgehead atoms. The smallest absolute Gasteiger partial charge is 0.305 e. The normalized spacial score (nSPS) is 12.2. The van der Waals surface area contributed by atoms with Gasteiger partial charge >= 0.3 is 5.97 Å². The fourth-order valence-corrected chi connectivity index (χ4v) is 4.18. The molecule has 3 rings (SSSR count). The van der Waals surface area contributed by atoms with Gasteiger partial charge in [-0.05, 0) is 50.6 Å². The van der Waals surface area contributed by atoms with E-state index in [2.05, 4.69) is 30.1 Å². The van der Waals surface area contributed by atoms with Crippen molar-refractivity contribution in [3.63, 3.8) is 0 Å². The molecule has 0 aliphatic heterocycles. The minimum absolute atomic E-state index is 0.00241. The quantitative estimate of drug-likeness (QED) is 0.398. The molecule has 1 heterocycles. The number of para-hydroxylation sites is 1. The molecule has 0 saturated carbocycles. The van der Waals surface area contributed by atoms with Gasteiger partial charge in [-0.1, -0.05) is 36.2 Å². The number of aromatic nitrogens is 2. The van der Waals surface area contributed by atoms with Gasteiger partial charge in [-0.3, -0.25) is 4.79 Å². The average molecular weight is 449 g/mol. The van der Waals surface area contributed by atoms with E-state index in [1.807, 2.05) is 23.6 Å². The topological polar surface area (TPSA) is 70.4 Å². The van der Waals surface area contributed by atoms with E-state index in [0.29, 0.717) is 28.1 Å². The average Bonchev–Trinajstić information content (AvgIpc) is 3.07. The summed E-state index contributed by atoms with van der Waals surface area (Å²) in [6.45, 7) is 7.86. The molecule has 0 amide bonds. The fraction of sp³-hybridized carbons (Fsp3) is 0.364. The van der Waals surface area contributed by atoms with Crippen LogP contribution in [0.4, 0.5) is 17.3 Å². The minimum Gasteiger partial charge on any atom is -0.481 e. The van der Waals surface area contributed by atoms with Crippen molar-refractivity contribution in [1.82, 2.24) is 9.55 Å². The summed E-state index contributed by atoms with van der Waals surface area (Å²) >= 11 is 12.4. The molecule has 2 N–H and O–H groups in total. The summed E-state index contributed by atoms with van der Waals surface area (Å²) in [6.07, 6.45) is 0.644. The van der Waals surface area contributed by atoms with Crippen LogP contribution in [-0.2, 0) is 4.79 Å². The highest BCUT2D eigenvalue weighted by Gasteiger charge is 2.24. The van der Waals surface area contributed by atoms with Crippen molar-refractivity contribution < 1.29 is 9.90 Å². The van der Waals surface area contributed by atoms with Crippen LogP contribution in [0, 0.1) is 0 Å². The number of hydrogen-bond acceptors (Lipinski definition) is 4. The van der Waals surface area contributed by atoms with E-state index in [9.17, 15) is 9.90 Å². The molecule has 1 atom stereocenters. The molecule has 0 spiro atoms. The van der Waals surface area contributed by atoms with Crippen molar-refractivity contribution in [2.75, 3.05) is 23.3 Å². The lowest BCUT2D eigenvalue weighted by molar-refractivity contribution is -0.137. The number of fused-ring (bicyclic) bond motifs is 1. The van der Waals surface area contributed by atoms with Gasteiger partial charge in [-0.25, -0.2) is 4.98 Å². The van der Waals surface area contributed by atoms with Crippen molar-refractivity contribution in [3.8, 4) is 0 Å². The zero-order valence-corrected chi connectivity index (χ0v) is 18.8. The van der Waals surface area contributed by atoms with Crippen LogP contribution in [0.25, 0.3) is 11.0 Å². The van der Waals surface area contributed by atoms with E-state index < -0.39 is 5.97 Å². The van der Waals surface area contributed by atoms with Gasteiger partial charge in [0.05, 0.1) is 33.9 Å². The highest BCUT2D eigenvalue weighted by Crippen LogP contribution is 2.37. The second-order valence-corrected chi connectivity index (χ2v) is 7.88. The van der Waals surface area contributed by atoms with Crippen molar-refractivity contribution in [2.45, 2.75) is 39.7 Å². The standard InChI is InChI=1S/C22H26Cl2N4O2/c1-4-15(13-20(29)30)28-21-18(8-7-9-19(21)27(5-2)6-3)26-22(28)25-17-11-10-14(23)12-16(17)24/h7-12,15H,4-6,13H2,1-3H3,(H,25,26)(H,29,30). The Bertz CT molecular complexity index is 1050. The summed E-state index contributed by atoms with van der Waals surface area (Å²) in [5.74, 6) is -0.290. The maximum Gasteiger partial charge on any atom is 0.305 e. The number of nitrogens with one attached hydrogen (secondary N) is 1. The molecule has 0 aliphatic carbocycles. The molecule has 8 heteroatoms. The number of nitrogens with zero attached hydrogens (tertiary/aromatic N) is 3. The molecule has 1 aromatic heterocycles. The first kappa shape index (κ1) is 22.2. The third-order valence-electron chi connectivity index (χ3n) is 5.22. The zero-order chi connectivity index (χ0) is 21.8. The Morgan fingerprint density at radius 3 is 2.53 bits per heavy atom. The molecule has 3 aromatic rings. The Morgan fingerprint density at radius 2 is 1.93 bits per heavy atom. The monoisotopic (exact) mass is 448 g/mol. The number of hydrogen-bond donors (Lipinski definition) is 2. The minimum atomic E-state index is -0.848. The summed E-state index contributed by atoms with van der Waals surface area (Å²) in [5, 5.41) is 13.8. The third-order valence-corrected chi connectivity index (χ3v) is 5.77. The molecular weight excluding hydrogens is 423 g/mol. The van der Waals surface area contributed by atoms with Crippen LogP contribution in [0.1, 0.15) is 39.7 Å². The lowest BCUT2D eigenvalue weighted by atomic mass is 10.1. The number of carboxylic acid groups (broad SMARTS) is 1. The van der Waals surface area contributed by atoms with Gasteiger partial charge in [0.25, 0.3) is 0 Å². The number of aliphatic carboxylic acids is 1. The van der Waals surface area contributed by atoms with Crippen LogP contribution in [0.15, 0.2) is 36.4 Å². The van der Waals surface area contributed by atoms with E-state index in [0.717, 1.165) is 29.8 Å². The second-order valence-electron chi connectivity index (χ2n) is 7.03. The van der Waals surface area contributed by atoms with Crippen molar-refractivity contribution >= 4 is 57.5 Å². The Morgan fingerprint density at radius 1 is 1.20 bits per heavy atom. The van der Waals surface area contributed by atoms with Crippen LogP contribution in [-0.4, -0.2) is 33.7 Å². The molecule has 160 valence electrons.